The summed E-state index contributed by atoms with van der Waals surface area (Å²) >= 11 is 0. The Hall–Kier alpha value is -1.20. The van der Waals surface area contributed by atoms with Gasteiger partial charge in [-0.15, -0.1) is 0 Å². The van der Waals surface area contributed by atoms with Crippen molar-refractivity contribution in [3.63, 3.8) is 0 Å². The van der Waals surface area contributed by atoms with E-state index in [-0.39, 0.29) is 5.56 Å². The monoisotopic (exact) mass is 215 g/mol. The molecule has 82 valence electrons. The molecule has 0 spiro atoms. The zero-order chi connectivity index (χ0) is 10.8. The first kappa shape index (κ1) is 10.3. The summed E-state index contributed by atoms with van der Waals surface area (Å²) in [4.78, 5) is 0. The van der Waals surface area contributed by atoms with Gasteiger partial charge in [0.05, 0.1) is 12.7 Å². The van der Waals surface area contributed by atoms with E-state index in [0.29, 0.717) is 25.8 Å². The summed E-state index contributed by atoms with van der Waals surface area (Å²) in [5.41, 5.74) is 0.182. The maximum absolute atomic E-state index is 13.4. The molecule has 3 nitrogen and oxygen atoms in total. The average Bonchev–Trinajstić information content (AvgIpc) is 2.25. The van der Waals surface area contributed by atoms with E-state index in [1.54, 1.807) is 0 Å². The normalized spacial score (nSPS) is 21.6. The van der Waals surface area contributed by atoms with Crippen molar-refractivity contribution >= 4 is 0 Å². The standard InChI is InChI=1S/C10H11F2NO2/c11-7-4-8(12)9(14)3-6(7)10-5-13-1-2-15-10/h3-4,10,13-14H,1-2,5H2. The molecule has 1 aliphatic rings. The highest BCUT2D eigenvalue weighted by Gasteiger charge is 2.21. The Morgan fingerprint density at radius 1 is 1.33 bits per heavy atom. The summed E-state index contributed by atoms with van der Waals surface area (Å²) < 4.78 is 31.4. The SMILES string of the molecule is Oc1cc(C2CNCCO2)c(F)cc1F. The van der Waals surface area contributed by atoms with Crippen molar-refractivity contribution in [2.45, 2.75) is 6.10 Å². The molecule has 1 fully saturated rings. The third-order valence-electron chi connectivity index (χ3n) is 2.34. The van der Waals surface area contributed by atoms with Crippen LogP contribution in [0.4, 0.5) is 8.78 Å². The van der Waals surface area contributed by atoms with E-state index >= 15 is 0 Å². The van der Waals surface area contributed by atoms with E-state index in [4.69, 9.17) is 9.84 Å². The number of phenolic OH excluding ortho intramolecular Hbond substituents is 1. The molecule has 1 heterocycles. The molecule has 1 aromatic rings. The second kappa shape index (κ2) is 4.12. The Balaban J connectivity index is 2.30. The predicted molar refractivity (Wildman–Crippen MR) is 49.6 cm³/mol. The van der Waals surface area contributed by atoms with Crippen LogP contribution in [-0.2, 0) is 4.74 Å². The fraction of sp³-hybridized carbons (Fsp3) is 0.400. The van der Waals surface area contributed by atoms with Crippen LogP contribution in [0.25, 0.3) is 0 Å². The smallest absolute Gasteiger partial charge is 0.167 e. The van der Waals surface area contributed by atoms with Gasteiger partial charge in [0.15, 0.2) is 11.6 Å². The molecule has 0 aliphatic carbocycles. The number of rotatable bonds is 1. The molecular formula is C10H11F2NO2. The number of ether oxygens (including phenoxy) is 1. The fourth-order valence-electron chi connectivity index (χ4n) is 1.57. The quantitative estimate of drug-likeness (QED) is 0.742. The molecule has 1 saturated heterocycles. The summed E-state index contributed by atoms with van der Waals surface area (Å²) in [5.74, 6) is -2.21. The number of benzene rings is 1. The number of nitrogens with one attached hydrogen (secondary N) is 1. The van der Waals surface area contributed by atoms with Gasteiger partial charge in [-0.25, -0.2) is 8.78 Å². The lowest BCUT2D eigenvalue weighted by molar-refractivity contribution is 0.0253. The number of hydrogen-bond acceptors (Lipinski definition) is 3. The summed E-state index contributed by atoms with van der Waals surface area (Å²) in [6.45, 7) is 1.65. The van der Waals surface area contributed by atoms with Gasteiger partial charge in [0, 0.05) is 24.7 Å². The minimum absolute atomic E-state index is 0.182. The molecule has 1 atom stereocenters. The van der Waals surface area contributed by atoms with E-state index in [0.717, 1.165) is 6.07 Å². The van der Waals surface area contributed by atoms with E-state index in [9.17, 15) is 8.78 Å². The van der Waals surface area contributed by atoms with Crippen LogP contribution in [0.3, 0.4) is 0 Å². The van der Waals surface area contributed by atoms with Crippen molar-refractivity contribution < 1.29 is 18.6 Å². The van der Waals surface area contributed by atoms with Gasteiger partial charge in [0.1, 0.15) is 5.82 Å². The van der Waals surface area contributed by atoms with Crippen LogP contribution in [0.1, 0.15) is 11.7 Å². The minimum Gasteiger partial charge on any atom is -0.505 e. The molecule has 0 bridgehead atoms. The highest BCUT2D eigenvalue weighted by Crippen LogP contribution is 2.27. The van der Waals surface area contributed by atoms with Gasteiger partial charge < -0.3 is 15.2 Å². The maximum atomic E-state index is 13.4. The highest BCUT2D eigenvalue weighted by atomic mass is 19.1. The Morgan fingerprint density at radius 3 is 2.80 bits per heavy atom. The van der Waals surface area contributed by atoms with E-state index in [1.807, 2.05) is 0 Å². The Morgan fingerprint density at radius 2 is 2.13 bits per heavy atom. The summed E-state index contributed by atoms with van der Waals surface area (Å²) in [6, 6.07) is 1.74. The Bertz CT molecular complexity index is 365. The first-order valence-electron chi connectivity index (χ1n) is 4.68. The van der Waals surface area contributed by atoms with Crippen LogP contribution in [0.15, 0.2) is 12.1 Å². The van der Waals surface area contributed by atoms with Crippen molar-refractivity contribution in [1.29, 1.82) is 0 Å². The van der Waals surface area contributed by atoms with Gasteiger partial charge in [-0.2, -0.15) is 0 Å². The predicted octanol–water partition coefficient (Wildman–Crippen LogP) is 1.33. The van der Waals surface area contributed by atoms with Crippen LogP contribution in [0, 0.1) is 11.6 Å². The molecule has 15 heavy (non-hydrogen) atoms. The van der Waals surface area contributed by atoms with E-state index in [2.05, 4.69) is 5.32 Å². The second-order valence-electron chi connectivity index (χ2n) is 3.39. The van der Waals surface area contributed by atoms with Gasteiger partial charge in [0.2, 0.25) is 0 Å². The fourth-order valence-corrected chi connectivity index (χ4v) is 1.57. The molecule has 2 rings (SSSR count). The third-order valence-corrected chi connectivity index (χ3v) is 2.34. The highest BCUT2D eigenvalue weighted by molar-refractivity contribution is 5.32. The lowest BCUT2D eigenvalue weighted by Crippen LogP contribution is -2.33. The molecule has 1 unspecified atom stereocenters. The summed E-state index contributed by atoms with van der Waals surface area (Å²) in [6.07, 6.45) is -0.467. The van der Waals surface area contributed by atoms with Gasteiger partial charge in [-0.3, -0.25) is 0 Å². The molecule has 0 amide bonds. The van der Waals surface area contributed by atoms with Crippen molar-refractivity contribution in [2.24, 2.45) is 0 Å². The van der Waals surface area contributed by atoms with Crippen molar-refractivity contribution in [2.75, 3.05) is 19.7 Å². The van der Waals surface area contributed by atoms with E-state index < -0.39 is 23.5 Å². The summed E-state index contributed by atoms with van der Waals surface area (Å²) in [5, 5.41) is 12.2. The number of halogens is 2. The van der Waals surface area contributed by atoms with Gasteiger partial charge in [-0.05, 0) is 6.07 Å². The van der Waals surface area contributed by atoms with Gasteiger partial charge >= 0.3 is 0 Å². The Kier molecular flexibility index (Phi) is 2.83. The zero-order valence-corrected chi connectivity index (χ0v) is 7.96. The minimum atomic E-state index is -0.958. The lowest BCUT2D eigenvalue weighted by Gasteiger charge is -2.24. The second-order valence-corrected chi connectivity index (χ2v) is 3.39. The van der Waals surface area contributed by atoms with Gasteiger partial charge in [0.25, 0.3) is 0 Å². The van der Waals surface area contributed by atoms with Crippen molar-refractivity contribution in [3.05, 3.63) is 29.3 Å². The first-order chi connectivity index (χ1) is 7.18. The van der Waals surface area contributed by atoms with Gasteiger partial charge in [-0.1, -0.05) is 0 Å². The zero-order valence-electron chi connectivity index (χ0n) is 7.96. The van der Waals surface area contributed by atoms with Crippen LogP contribution in [0.2, 0.25) is 0 Å². The maximum Gasteiger partial charge on any atom is 0.167 e. The molecular weight excluding hydrogens is 204 g/mol. The summed E-state index contributed by atoms with van der Waals surface area (Å²) in [7, 11) is 0. The van der Waals surface area contributed by atoms with E-state index in [1.165, 1.54) is 0 Å². The molecule has 0 saturated carbocycles. The Labute approximate surface area is 85.7 Å². The van der Waals surface area contributed by atoms with Crippen molar-refractivity contribution in [3.8, 4) is 5.75 Å². The number of aromatic hydroxyl groups is 1. The number of phenols is 1. The molecule has 1 aliphatic heterocycles. The van der Waals surface area contributed by atoms with Crippen LogP contribution in [-0.4, -0.2) is 24.8 Å². The van der Waals surface area contributed by atoms with Crippen molar-refractivity contribution in [1.82, 2.24) is 5.32 Å². The van der Waals surface area contributed by atoms with Crippen LogP contribution in [0.5, 0.6) is 5.75 Å². The third kappa shape index (κ3) is 2.08. The molecule has 1 aromatic carbocycles. The average molecular weight is 215 g/mol. The number of morpholine rings is 1. The molecule has 0 radical (unpaired) electrons. The van der Waals surface area contributed by atoms with Crippen LogP contribution >= 0.6 is 0 Å². The number of hydrogen-bond donors (Lipinski definition) is 2. The molecule has 2 N–H and O–H groups in total. The first-order valence-corrected chi connectivity index (χ1v) is 4.68. The molecule has 0 aromatic heterocycles. The molecule has 5 heteroatoms. The topological polar surface area (TPSA) is 41.5 Å². The largest absolute Gasteiger partial charge is 0.505 e. The lowest BCUT2D eigenvalue weighted by atomic mass is 10.1. The van der Waals surface area contributed by atoms with Crippen LogP contribution < -0.4 is 5.32 Å².